The molecule has 1 aliphatic rings. The van der Waals surface area contributed by atoms with Crippen LogP contribution in [0.25, 0.3) is 10.6 Å². The van der Waals surface area contributed by atoms with Crippen molar-refractivity contribution in [3.05, 3.63) is 41.0 Å². The molecule has 4 rings (SSSR count). The third kappa shape index (κ3) is 5.75. The van der Waals surface area contributed by atoms with Gasteiger partial charge in [0.1, 0.15) is 5.01 Å². The molecule has 0 unspecified atom stereocenters. The summed E-state index contributed by atoms with van der Waals surface area (Å²) in [6.07, 6.45) is 0.158. The first-order valence-electron chi connectivity index (χ1n) is 10.2. The fourth-order valence-corrected chi connectivity index (χ4v) is 3.89. The van der Waals surface area contributed by atoms with Gasteiger partial charge in [-0.2, -0.15) is 0 Å². The summed E-state index contributed by atoms with van der Waals surface area (Å²) in [5, 5.41) is 42.7. The Labute approximate surface area is 201 Å². The number of thiazole rings is 1. The number of carbonyl (C=O) groups is 3. The van der Waals surface area contributed by atoms with Gasteiger partial charge in [-0.3, -0.25) is 19.7 Å². The molecule has 3 aromatic rings. The highest BCUT2D eigenvalue weighted by Gasteiger charge is 2.31. The first-order chi connectivity index (χ1) is 16.7. The van der Waals surface area contributed by atoms with Crippen molar-refractivity contribution in [1.82, 2.24) is 20.5 Å². The topological polar surface area (TPSA) is 196 Å². The number of para-hydroxylation sites is 1. The Morgan fingerprint density at radius 2 is 1.97 bits per heavy atom. The molecular weight excluding hydrogens is 480 g/mol. The number of aliphatic hydroxyl groups is 3. The Hall–Kier alpha value is -3.98. The zero-order chi connectivity index (χ0) is 25.2. The molecule has 2 amide bonds. The predicted molar refractivity (Wildman–Crippen MR) is 123 cm³/mol. The van der Waals surface area contributed by atoms with Gasteiger partial charge < -0.3 is 30.7 Å². The minimum absolute atomic E-state index is 0.0102. The van der Waals surface area contributed by atoms with E-state index in [-0.39, 0.29) is 23.3 Å². The summed E-state index contributed by atoms with van der Waals surface area (Å²) in [5.41, 5.74) is 0.514. The van der Waals surface area contributed by atoms with Crippen LogP contribution in [0.1, 0.15) is 33.0 Å². The summed E-state index contributed by atoms with van der Waals surface area (Å²) in [7, 11) is 1.43. The van der Waals surface area contributed by atoms with E-state index >= 15 is 0 Å². The molecule has 1 aliphatic carbocycles. The van der Waals surface area contributed by atoms with Gasteiger partial charge in [0.15, 0.2) is 23.5 Å². The Morgan fingerprint density at radius 1 is 1.20 bits per heavy atom. The first-order valence-corrected chi connectivity index (χ1v) is 11.0. The SMILES string of the molecule is COc1c(Nc2cc(NC(=O)C3CC3)nnc2C(=O)NC(O)(O)O)cccc1-c1ncc(C=O)s1. The maximum atomic E-state index is 12.5. The lowest BCUT2D eigenvalue weighted by molar-refractivity contribution is -0.323. The number of ether oxygens (including phenoxy) is 1. The molecule has 0 aliphatic heterocycles. The van der Waals surface area contributed by atoms with Crippen molar-refractivity contribution in [3.63, 3.8) is 0 Å². The van der Waals surface area contributed by atoms with E-state index in [1.54, 1.807) is 23.5 Å². The van der Waals surface area contributed by atoms with E-state index in [1.807, 2.05) is 0 Å². The van der Waals surface area contributed by atoms with Gasteiger partial charge in [-0.05, 0) is 25.0 Å². The van der Waals surface area contributed by atoms with Gasteiger partial charge in [0.05, 0.1) is 28.9 Å². The highest BCUT2D eigenvalue weighted by Crippen LogP contribution is 2.39. The van der Waals surface area contributed by atoms with Crippen LogP contribution in [0.5, 0.6) is 5.75 Å². The molecular formula is C21H20N6O7S. The molecule has 0 spiro atoms. The van der Waals surface area contributed by atoms with Gasteiger partial charge in [-0.25, -0.2) is 4.98 Å². The largest absolute Gasteiger partial charge is 0.494 e. The Bertz CT molecular complexity index is 1290. The number of carbonyl (C=O) groups excluding carboxylic acids is 3. The standard InChI is InChI=1S/C21H20N6O7S/c1-34-17-12(20-22-8-11(9-28)35-20)3-2-4-13(17)23-14-7-15(24-18(29)10-5-6-10)26-27-16(14)19(30)25-21(31,32)33/h2-4,7-10,31-33H,5-6H2,1H3,(H,25,30)(H2,23,24,26,29). The Kier molecular flexibility index (Phi) is 6.70. The van der Waals surface area contributed by atoms with Gasteiger partial charge in [0.25, 0.3) is 5.91 Å². The molecule has 1 aromatic carbocycles. The molecule has 182 valence electrons. The van der Waals surface area contributed by atoms with Gasteiger partial charge >= 0.3 is 6.10 Å². The van der Waals surface area contributed by atoms with Crippen molar-refractivity contribution in [2.75, 3.05) is 17.7 Å². The number of rotatable bonds is 9. The van der Waals surface area contributed by atoms with Crippen LogP contribution in [-0.2, 0) is 4.79 Å². The molecule has 2 heterocycles. The van der Waals surface area contributed by atoms with Gasteiger partial charge in [-0.1, -0.05) is 6.07 Å². The van der Waals surface area contributed by atoms with Crippen LogP contribution in [0.4, 0.5) is 17.2 Å². The molecule has 0 saturated heterocycles. The van der Waals surface area contributed by atoms with Crippen LogP contribution in [0.15, 0.2) is 30.5 Å². The summed E-state index contributed by atoms with van der Waals surface area (Å²) in [4.78, 5) is 40.4. The Balaban J connectivity index is 1.72. The zero-order valence-corrected chi connectivity index (χ0v) is 19.0. The van der Waals surface area contributed by atoms with E-state index in [4.69, 9.17) is 20.1 Å². The number of hydrogen-bond donors (Lipinski definition) is 6. The molecule has 0 radical (unpaired) electrons. The van der Waals surface area contributed by atoms with E-state index in [1.165, 1.54) is 19.4 Å². The number of aldehydes is 1. The average molecular weight is 500 g/mol. The van der Waals surface area contributed by atoms with Crippen molar-refractivity contribution >= 4 is 46.6 Å². The summed E-state index contributed by atoms with van der Waals surface area (Å²) in [6, 6.07) is 6.38. The number of nitrogens with zero attached hydrogens (tertiary/aromatic N) is 3. The monoisotopic (exact) mass is 500 g/mol. The second kappa shape index (κ2) is 9.71. The highest BCUT2D eigenvalue weighted by molar-refractivity contribution is 7.16. The lowest BCUT2D eigenvalue weighted by Gasteiger charge is -2.18. The third-order valence-corrected chi connectivity index (χ3v) is 5.80. The van der Waals surface area contributed by atoms with Crippen LogP contribution in [-0.4, -0.2) is 61.8 Å². The van der Waals surface area contributed by atoms with Gasteiger partial charge in [0.2, 0.25) is 5.91 Å². The summed E-state index contributed by atoms with van der Waals surface area (Å²) < 4.78 is 5.55. The number of anilines is 3. The van der Waals surface area contributed by atoms with Crippen molar-refractivity contribution in [2.24, 2.45) is 5.92 Å². The fraction of sp³-hybridized carbons (Fsp3) is 0.238. The third-order valence-electron chi connectivity index (χ3n) is 4.85. The highest BCUT2D eigenvalue weighted by atomic mass is 32.1. The molecule has 0 bridgehead atoms. The normalized spacial score (nSPS) is 13.1. The van der Waals surface area contributed by atoms with Crippen LogP contribution in [0, 0.1) is 5.92 Å². The number of nitrogens with one attached hydrogen (secondary N) is 3. The van der Waals surface area contributed by atoms with Gasteiger partial charge in [-0.15, -0.1) is 21.5 Å². The van der Waals surface area contributed by atoms with Crippen LogP contribution >= 0.6 is 11.3 Å². The molecule has 35 heavy (non-hydrogen) atoms. The molecule has 1 saturated carbocycles. The van der Waals surface area contributed by atoms with Crippen molar-refractivity contribution in [3.8, 4) is 16.3 Å². The number of amides is 2. The van der Waals surface area contributed by atoms with E-state index in [0.29, 0.717) is 33.2 Å². The Morgan fingerprint density at radius 3 is 2.60 bits per heavy atom. The summed E-state index contributed by atoms with van der Waals surface area (Å²) in [5.74, 6) is -1.14. The van der Waals surface area contributed by atoms with Crippen molar-refractivity contribution < 1.29 is 34.4 Å². The molecule has 6 N–H and O–H groups in total. The number of hydrogen-bond acceptors (Lipinski definition) is 12. The molecule has 0 atom stereocenters. The number of benzene rings is 1. The maximum absolute atomic E-state index is 12.5. The minimum Gasteiger partial charge on any atom is -0.494 e. The minimum atomic E-state index is -3.49. The average Bonchev–Trinajstić information content (AvgIpc) is 3.55. The summed E-state index contributed by atoms with van der Waals surface area (Å²) >= 11 is 1.16. The maximum Gasteiger partial charge on any atom is 0.369 e. The first kappa shape index (κ1) is 24.2. The lowest BCUT2D eigenvalue weighted by atomic mass is 10.1. The van der Waals surface area contributed by atoms with E-state index in [0.717, 1.165) is 24.2 Å². The molecule has 13 nitrogen and oxygen atoms in total. The lowest BCUT2D eigenvalue weighted by Crippen LogP contribution is -2.48. The number of aromatic nitrogens is 3. The van der Waals surface area contributed by atoms with Crippen LogP contribution < -0.4 is 20.7 Å². The van der Waals surface area contributed by atoms with Gasteiger partial charge in [0, 0.05) is 18.2 Å². The van der Waals surface area contributed by atoms with E-state index in [9.17, 15) is 14.4 Å². The fourth-order valence-electron chi connectivity index (χ4n) is 3.14. The van der Waals surface area contributed by atoms with Crippen LogP contribution in [0.2, 0.25) is 0 Å². The quantitative estimate of drug-likeness (QED) is 0.180. The molecule has 1 fully saturated rings. The number of methoxy groups -OCH3 is 1. The van der Waals surface area contributed by atoms with E-state index in [2.05, 4.69) is 25.8 Å². The second-order valence-electron chi connectivity index (χ2n) is 7.54. The molecule has 2 aromatic heterocycles. The van der Waals surface area contributed by atoms with E-state index < -0.39 is 17.7 Å². The smallest absolute Gasteiger partial charge is 0.369 e. The van der Waals surface area contributed by atoms with Crippen LogP contribution in [0.3, 0.4) is 0 Å². The molecule has 14 heteroatoms. The second-order valence-corrected chi connectivity index (χ2v) is 8.60. The van der Waals surface area contributed by atoms with Crippen molar-refractivity contribution in [2.45, 2.75) is 18.9 Å². The summed E-state index contributed by atoms with van der Waals surface area (Å²) in [6.45, 7) is 0. The predicted octanol–water partition coefficient (Wildman–Crippen LogP) is 0.831. The zero-order valence-electron chi connectivity index (χ0n) is 18.2. The van der Waals surface area contributed by atoms with Crippen molar-refractivity contribution in [1.29, 1.82) is 0 Å².